The van der Waals surface area contributed by atoms with Crippen molar-refractivity contribution in [1.29, 1.82) is 5.41 Å². The first-order valence-electron chi connectivity index (χ1n) is 28.3. The number of aliphatic hydroxyl groups excluding tert-OH is 1. The number of aromatic nitrogens is 2. The molecule has 1 fully saturated rings. The quantitative estimate of drug-likeness (QED) is 0.0115. The minimum atomic E-state index is -1.41. The highest BCUT2D eigenvalue weighted by molar-refractivity contribution is 5.98. The summed E-state index contributed by atoms with van der Waals surface area (Å²) in [4.78, 5) is 130. The van der Waals surface area contributed by atoms with Crippen LogP contribution in [0.2, 0.25) is 0 Å². The Labute approximate surface area is 503 Å². The number of primary amides is 1. The van der Waals surface area contributed by atoms with Crippen LogP contribution in [-0.4, -0.2) is 175 Å². The van der Waals surface area contributed by atoms with Crippen LogP contribution in [0.5, 0.6) is 17.2 Å². The van der Waals surface area contributed by atoms with Crippen molar-refractivity contribution in [2.24, 2.45) is 29.0 Å². The van der Waals surface area contributed by atoms with Crippen LogP contribution in [0.4, 0.5) is 0 Å². The fraction of sp³-hybridized carbons (Fsp3) is 0.466. The Morgan fingerprint density at radius 2 is 1.30 bits per heavy atom. The minimum absolute atomic E-state index is 0.000167. The largest absolute Gasteiger partial charge is 0.508 e. The van der Waals surface area contributed by atoms with Gasteiger partial charge in [0.05, 0.1) is 24.9 Å². The Bertz CT molecular complexity index is 2950. The van der Waals surface area contributed by atoms with Gasteiger partial charge in [-0.3, -0.25) is 43.8 Å². The highest BCUT2D eigenvalue weighted by atomic mass is 16.4. The fourth-order valence-corrected chi connectivity index (χ4v) is 9.26. The molecule has 1 saturated heterocycles. The number of likely N-dealkylation sites (tertiary alicyclic amines) is 1. The normalized spacial score (nSPS) is 15.6. The Morgan fingerprint density at radius 1 is 0.713 bits per heavy atom. The van der Waals surface area contributed by atoms with Crippen LogP contribution >= 0.6 is 0 Å². The first kappa shape index (κ1) is 70.1. The van der Waals surface area contributed by atoms with Crippen LogP contribution in [0.15, 0.2) is 85.3 Å². The highest BCUT2D eigenvalue weighted by Gasteiger charge is 2.41. The van der Waals surface area contributed by atoms with E-state index in [4.69, 9.17) is 32.8 Å². The lowest BCUT2D eigenvalue weighted by molar-refractivity contribution is -0.145. The molecule has 29 heteroatoms. The Balaban J connectivity index is 0.00000110. The molecule has 0 saturated carbocycles. The topological polar surface area (TPSA) is 485 Å². The summed E-state index contributed by atoms with van der Waals surface area (Å²) in [5, 5.41) is 76.3. The lowest BCUT2D eigenvalue weighted by Crippen LogP contribution is -2.62. The van der Waals surface area contributed by atoms with Gasteiger partial charge >= 0.3 is 5.97 Å². The van der Waals surface area contributed by atoms with Crippen molar-refractivity contribution in [2.75, 3.05) is 26.7 Å². The number of amides is 8. The molecular formula is C58H83N15O14. The SMILES string of the molecule is CC(C)[C@H](NC(=O)[C@H](CCCNC(=N)N)NC(=O)[C@@H](N)CC(N)=O)C(=O)N[C@@H](Cc1ccc(O)cc1)C(=O)N[C@H](C(=O)N[C@@H](Cc1cnc[nH]1)C(=O)N1CCC[C@H]1C(=O)N[C@@H](Cc1ccccc1)C(=O)O)C(C)C.CNC[C@H](O)c1ccc(O)c(O)c1. The molecule has 4 aromatic rings. The summed E-state index contributed by atoms with van der Waals surface area (Å²) in [6.45, 7) is 7.23. The molecule has 0 spiro atoms. The Morgan fingerprint density at radius 3 is 1.85 bits per heavy atom. The number of phenolic OH excluding ortho intramolecular Hbond substituents is 3. The molecule has 87 heavy (non-hydrogen) atoms. The second kappa shape index (κ2) is 34.6. The van der Waals surface area contributed by atoms with Gasteiger partial charge in [0.1, 0.15) is 48.0 Å². The Hall–Kier alpha value is -9.35. The molecule has 0 unspecified atom stereocenters. The molecule has 29 nitrogen and oxygen atoms in total. The number of H-pyrrole nitrogens is 1. The zero-order chi connectivity index (χ0) is 64.5. The van der Waals surface area contributed by atoms with Crippen LogP contribution in [0.25, 0.3) is 0 Å². The minimum Gasteiger partial charge on any atom is -0.508 e. The monoisotopic (exact) mass is 1210 g/mol. The third-order valence-corrected chi connectivity index (χ3v) is 14.0. The average Bonchev–Trinajstić information content (AvgIpc) is 2.43. The molecule has 474 valence electrons. The molecule has 21 N–H and O–H groups in total. The number of aromatic hydroxyl groups is 3. The molecule has 0 radical (unpaired) electrons. The van der Waals surface area contributed by atoms with Crippen molar-refractivity contribution < 1.29 is 68.7 Å². The van der Waals surface area contributed by atoms with E-state index in [2.05, 4.69) is 52.5 Å². The molecule has 9 atom stereocenters. The number of aliphatic carboxylic acids is 1. The van der Waals surface area contributed by atoms with E-state index in [9.17, 15) is 58.5 Å². The molecule has 1 aliphatic rings. The standard InChI is InChI=1S/C49H70N14O11.C9H13NO3/c1-26(2)39(61-42(67)33(12-8-18-55-49(52)53)57-41(66)32(50)23-38(51)65)45(70)58-34(20-29-14-16-31(64)17-15-29)43(68)62-40(27(3)4)46(71)59-35(22-30-24-54-25-56-30)47(72)63-19-9-13-37(63)44(69)60-36(48(73)74)21-28-10-6-5-7-11-28;1-10-5-9(13)6-2-3-7(11)8(12)4-6/h5-7,10-11,14-17,24-27,32-37,39-40,64H,8-9,12-13,18-23,50H2,1-4H3,(H2,51,65)(H,54,56)(H,57,66)(H,58,70)(H,59,71)(H,60,69)(H,61,67)(H,62,68)(H,73,74)(H4,52,53,55);2-4,9-13H,5H2,1H3/t32-,33-,34-,35-,36-,37-,39-,40-;9-/m00/s1. The van der Waals surface area contributed by atoms with Gasteiger partial charge in [0.15, 0.2) is 17.5 Å². The van der Waals surface area contributed by atoms with Crippen LogP contribution in [0.3, 0.4) is 0 Å². The van der Waals surface area contributed by atoms with E-state index in [1.807, 2.05) is 0 Å². The fourth-order valence-electron chi connectivity index (χ4n) is 9.26. The lowest BCUT2D eigenvalue weighted by Gasteiger charge is -2.31. The maximum Gasteiger partial charge on any atom is 0.326 e. The number of hydrogen-bond acceptors (Lipinski definition) is 17. The molecule has 1 aliphatic heterocycles. The highest BCUT2D eigenvalue weighted by Crippen LogP contribution is 2.28. The number of carboxylic acids is 1. The molecule has 0 aliphatic carbocycles. The molecular weight excluding hydrogens is 1130 g/mol. The third kappa shape index (κ3) is 22.9. The zero-order valence-electron chi connectivity index (χ0n) is 49.2. The molecule has 2 heterocycles. The van der Waals surface area contributed by atoms with E-state index in [0.29, 0.717) is 35.3 Å². The number of aliphatic hydroxyl groups is 1. The number of nitrogens with two attached hydrogens (primary N) is 3. The summed E-state index contributed by atoms with van der Waals surface area (Å²) in [6.07, 6.45) is 2.20. The van der Waals surface area contributed by atoms with Gasteiger partial charge in [-0.2, -0.15) is 0 Å². The van der Waals surface area contributed by atoms with Crippen molar-refractivity contribution in [2.45, 2.75) is 134 Å². The van der Waals surface area contributed by atoms with Crippen LogP contribution in [-0.2, 0) is 62.4 Å². The van der Waals surface area contributed by atoms with Gasteiger partial charge in [-0.1, -0.05) is 76.2 Å². The number of likely N-dealkylation sites (N-methyl/N-ethyl adjacent to an activating group) is 1. The van der Waals surface area contributed by atoms with Crippen LogP contribution in [0.1, 0.15) is 88.3 Å². The molecule has 8 amide bonds. The van der Waals surface area contributed by atoms with Gasteiger partial charge in [0.2, 0.25) is 47.3 Å². The number of nitrogens with zero attached hydrogens (tertiary/aromatic N) is 2. The van der Waals surface area contributed by atoms with E-state index in [1.54, 1.807) is 71.1 Å². The first-order chi connectivity index (χ1) is 41.2. The van der Waals surface area contributed by atoms with Crippen molar-refractivity contribution in [1.82, 2.24) is 57.4 Å². The predicted molar refractivity (Wildman–Crippen MR) is 317 cm³/mol. The van der Waals surface area contributed by atoms with Gasteiger partial charge in [0.25, 0.3) is 0 Å². The Kier molecular flexibility index (Phi) is 27.9. The van der Waals surface area contributed by atoms with Gasteiger partial charge in [-0.25, -0.2) is 9.78 Å². The number of aromatic amines is 1. The van der Waals surface area contributed by atoms with Gasteiger partial charge in [0, 0.05) is 50.8 Å². The molecule has 0 bridgehead atoms. The molecule has 1 aromatic heterocycles. The van der Waals surface area contributed by atoms with E-state index in [0.717, 1.165) is 0 Å². The van der Waals surface area contributed by atoms with Gasteiger partial charge < -0.3 is 95.2 Å². The van der Waals surface area contributed by atoms with Crippen molar-refractivity contribution >= 4 is 59.2 Å². The van der Waals surface area contributed by atoms with Crippen LogP contribution in [0, 0.1) is 17.2 Å². The predicted octanol–water partition coefficient (Wildman–Crippen LogP) is -1.74. The molecule has 3 aromatic carbocycles. The number of carbonyl (C=O) groups excluding carboxylic acids is 8. The number of guanidine groups is 1. The van der Waals surface area contributed by atoms with Gasteiger partial charge in [-0.05, 0) is 85.5 Å². The number of hydrogen-bond donors (Lipinski definition) is 18. The maximum absolute atomic E-state index is 14.5. The third-order valence-electron chi connectivity index (χ3n) is 14.0. The number of carboxylic acid groups (broad SMARTS) is 1. The lowest BCUT2D eigenvalue weighted by atomic mass is 9.98. The number of rotatable bonds is 31. The van der Waals surface area contributed by atoms with E-state index in [1.165, 1.54) is 53.8 Å². The zero-order valence-corrected chi connectivity index (χ0v) is 49.2. The van der Waals surface area contributed by atoms with E-state index >= 15 is 0 Å². The summed E-state index contributed by atoms with van der Waals surface area (Å²) in [7, 11) is 1.73. The second-order valence-corrected chi connectivity index (χ2v) is 21.7. The summed E-state index contributed by atoms with van der Waals surface area (Å²) in [6, 6.07) is 8.41. The number of nitrogens with one attached hydrogen (secondary N) is 10. The summed E-state index contributed by atoms with van der Waals surface area (Å²) in [5.74, 6) is -9.58. The number of phenols is 3. The second-order valence-electron chi connectivity index (χ2n) is 21.7. The maximum atomic E-state index is 14.5. The van der Waals surface area contributed by atoms with Crippen molar-refractivity contribution in [3.8, 4) is 17.2 Å². The van der Waals surface area contributed by atoms with E-state index in [-0.39, 0.29) is 74.8 Å². The summed E-state index contributed by atoms with van der Waals surface area (Å²) >= 11 is 0. The smallest absolute Gasteiger partial charge is 0.326 e. The number of carbonyl (C=O) groups is 9. The van der Waals surface area contributed by atoms with E-state index < -0.39 is 126 Å². The first-order valence-corrected chi connectivity index (χ1v) is 28.3. The van der Waals surface area contributed by atoms with Crippen molar-refractivity contribution in [3.05, 3.63) is 108 Å². The number of benzene rings is 3. The number of imidazole rings is 1. The molecule has 5 rings (SSSR count). The summed E-state index contributed by atoms with van der Waals surface area (Å²) in [5.41, 5.74) is 18.6. The van der Waals surface area contributed by atoms with Crippen LogP contribution < -0.4 is 59.7 Å². The average molecular weight is 1210 g/mol. The van der Waals surface area contributed by atoms with Gasteiger partial charge in [-0.15, -0.1) is 0 Å². The van der Waals surface area contributed by atoms with Crippen molar-refractivity contribution in [3.63, 3.8) is 0 Å². The summed E-state index contributed by atoms with van der Waals surface area (Å²) < 4.78 is 0.